The van der Waals surface area contributed by atoms with E-state index >= 15 is 0 Å². The molecule has 0 aliphatic rings. The van der Waals surface area contributed by atoms with E-state index in [1.54, 1.807) is 7.11 Å². The Morgan fingerprint density at radius 3 is 2.95 bits per heavy atom. The number of rotatable bonds is 6. The quantitative estimate of drug-likeness (QED) is 0.610. The second-order valence-electron chi connectivity index (χ2n) is 4.11. The lowest BCUT2D eigenvalue weighted by Gasteiger charge is -2.07. The lowest BCUT2D eigenvalue weighted by Crippen LogP contribution is -2.25. The van der Waals surface area contributed by atoms with Crippen molar-refractivity contribution in [2.24, 2.45) is 0 Å². The number of hydrogen-bond donors (Lipinski definition) is 2. The highest BCUT2D eigenvalue weighted by atomic mass is 19.1. The zero-order valence-electron chi connectivity index (χ0n) is 11.4. The Balaban J connectivity index is 2.68. The molecule has 1 aromatic carbocycles. The van der Waals surface area contributed by atoms with Crippen molar-refractivity contribution < 1.29 is 19.0 Å². The first-order valence-corrected chi connectivity index (χ1v) is 6.35. The highest BCUT2D eigenvalue weighted by Crippen LogP contribution is 2.10. The zero-order chi connectivity index (χ0) is 14.8. The largest absolute Gasteiger partial charge is 0.385 e. The first-order chi connectivity index (χ1) is 9.69. The van der Waals surface area contributed by atoms with Crippen molar-refractivity contribution in [2.75, 3.05) is 26.9 Å². The van der Waals surface area contributed by atoms with Crippen molar-refractivity contribution >= 4 is 5.91 Å². The molecule has 0 aliphatic carbocycles. The van der Waals surface area contributed by atoms with Gasteiger partial charge in [-0.3, -0.25) is 4.79 Å². The molecule has 0 aromatic heterocycles. The summed E-state index contributed by atoms with van der Waals surface area (Å²) in [6.45, 7) is 0.824. The summed E-state index contributed by atoms with van der Waals surface area (Å²) in [4.78, 5) is 12.0. The molecule has 0 bridgehead atoms. The standard InChI is InChI=1S/C15H18FNO3/c1-20-10-3-2-8-17-15(19)14-11-13(16)7-6-12(14)5-4-9-18/h6-7,11,18H,2-3,8-10H2,1H3,(H,17,19). The first-order valence-electron chi connectivity index (χ1n) is 6.35. The van der Waals surface area contributed by atoms with Crippen LogP contribution >= 0.6 is 0 Å². The molecule has 0 aliphatic heterocycles. The van der Waals surface area contributed by atoms with Crippen molar-refractivity contribution in [3.63, 3.8) is 0 Å². The smallest absolute Gasteiger partial charge is 0.252 e. The SMILES string of the molecule is COCCCCNC(=O)c1cc(F)ccc1C#CCO. The van der Waals surface area contributed by atoms with E-state index in [1.165, 1.54) is 12.1 Å². The molecule has 5 heteroatoms. The number of benzene rings is 1. The van der Waals surface area contributed by atoms with Crippen molar-refractivity contribution in [1.29, 1.82) is 0 Å². The van der Waals surface area contributed by atoms with Crippen LogP contribution in [0.2, 0.25) is 0 Å². The molecule has 20 heavy (non-hydrogen) atoms. The van der Waals surface area contributed by atoms with Gasteiger partial charge in [-0.1, -0.05) is 11.8 Å². The number of halogens is 1. The lowest BCUT2D eigenvalue weighted by atomic mass is 10.1. The van der Waals surface area contributed by atoms with Gasteiger partial charge in [0.05, 0.1) is 5.56 Å². The van der Waals surface area contributed by atoms with Crippen LogP contribution in [-0.4, -0.2) is 37.9 Å². The van der Waals surface area contributed by atoms with E-state index in [2.05, 4.69) is 17.2 Å². The molecule has 108 valence electrons. The molecule has 4 nitrogen and oxygen atoms in total. The minimum absolute atomic E-state index is 0.178. The van der Waals surface area contributed by atoms with Crippen molar-refractivity contribution in [2.45, 2.75) is 12.8 Å². The predicted octanol–water partition coefficient (Wildman–Crippen LogP) is 1.33. The number of unbranched alkanes of at least 4 members (excludes halogenated alkanes) is 1. The lowest BCUT2D eigenvalue weighted by molar-refractivity contribution is 0.0950. The summed E-state index contributed by atoms with van der Waals surface area (Å²) >= 11 is 0. The Hall–Kier alpha value is -1.90. The second kappa shape index (κ2) is 9.08. The van der Waals surface area contributed by atoms with Gasteiger partial charge in [0.15, 0.2) is 0 Å². The van der Waals surface area contributed by atoms with Gasteiger partial charge >= 0.3 is 0 Å². The molecule has 0 radical (unpaired) electrons. The van der Waals surface area contributed by atoms with Crippen LogP contribution in [0.1, 0.15) is 28.8 Å². The number of ether oxygens (including phenoxy) is 1. The van der Waals surface area contributed by atoms with Gasteiger partial charge in [0.25, 0.3) is 5.91 Å². The Morgan fingerprint density at radius 1 is 1.45 bits per heavy atom. The Labute approximate surface area is 117 Å². The number of aliphatic hydroxyl groups is 1. The molecule has 0 fully saturated rings. The molecule has 0 saturated heterocycles. The van der Waals surface area contributed by atoms with Crippen LogP contribution in [0.4, 0.5) is 4.39 Å². The summed E-state index contributed by atoms with van der Waals surface area (Å²) in [5.41, 5.74) is 0.576. The molecule has 0 heterocycles. The topological polar surface area (TPSA) is 58.6 Å². The maximum atomic E-state index is 13.2. The molecular weight excluding hydrogens is 261 g/mol. The summed E-state index contributed by atoms with van der Waals surface area (Å²) < 4.78 is 18.1. The number of carbonyl (C=O) groups excluding carboxylic acids is 1. The fourth-order valence-corrected chi connectivity index (χ4v) is 1.62. The third-order valence-corrected chi connectivity index (χ3v) is 2.59. The number of methoxy groups -OCH3 is 1. The van der Waals surface area contributed by atoms with Crippen LogP contribution in [0.5, 0.6) is 0 Å². The zero-order valence-corrected chi connectivity index (χ0v) is 11.4. The molecule has 2 N–H and O–H groups in total. The summed E-state index contributed by atoms with van der Waals surface area (Å²) in [5, 5.41) is 11.4. The maximum Gasteiger partial charge on any atom is 0.252 e. The van der Waals surface area contributed by atoms with E-state index in [0.29, 0.717) is 18.7 Å². The minimum Gasteiger partial charge on any atom is -0.385 e. The van der Waals surface area contributed by atoms with E-state index in [1.807, 2.05) is 0 Å². The average Bonchev–Trinajstić information content (AvgIpc) is 2.45. The number of hydrogen-bond acceptors (Lipinski definition) is 3. The molecule has 0 atom stereocenters. The Morgan fingerprint density at radius 2 is 2.25 bits per heavy atom. The molecular formula is C15H18FNO3. The normalized spacial score (nSPS) is 9.75. The predicted molar refractivity (Wildman–Crippen MR) is 73.8 cm³/mol. The fourth-order valence-electron chi connectivity index (χ4n) is 1.62. The number of nitrogens with one attached hydrogen (secondary N) is 1. The van der Waals surface area contributed by atoms with E-state index in [9.17, 15) is 9.18 Å². The summed E-state index contributed by atoms with van der Waals surface area (Å²) in [6, 6.07) is 3.81. The highest BCUT2D eigenvalue weighted by molar-refractivity contribution is 5.96. The van der Waals surface area contributed by atoms with Crippen LogP contribution in [0.25, 0.3) is 0 Å². The van der Waals surface area contributed by atoms with Gasteiger partial charge in [0.2, 0.25) is 0 Å². The van der Waals surface area contributed by atoms with Gasteiger partial charge in [-0.2, -0.15) is 0 Å². The molecule has 1 amide bonds. The van der Waals surface area contributed by atoms with E-state index in [4.69, 9.17) is 9.84 Å². The fraction of sp³-hybridized carbons (Fsp3) is 0.400. The summed E-state index contributed by atoms with van der Waals surface area (Å²) in [6.07, 6.45) is 1.63. The monoisotopic (exact) mass is 279 g/mol. The van der Waals surface area contributed by atoms with Gasteiger partial charge in [-0.05, 0) is 31.0 Å². The molecule has 1 aromatic rings. The van der Waals surface area contributed by atoms with Gasteiger partial charge in [-0.25, -0.2) is 4.39 Å². The Kier molecular flexibility index (Phi) is 7.33. The number of amides is 1. The van der Waals surface area contributed by atoms with E-state index in [-0.39, 0.29) is 18.1 Å². The molecule has 0 unspecified atom stereocenters. The molecule has 1 rings (SSSR count). The highest BCUT2D eigenvalue weighted by Gasteiger charge is 2.10. The van der Waals surface area contributed by atoms with Gasteiger partial charge in [0.1, 0.15) is 12.4 Å². The third-order valence-electron chi connectivity index (χ3n) is 2.59. The van der Waals surface area contributed by atoms with Gasteiger partial charge < -0.3 is 15.2 Å². The third kappa shape index (κ3) is 5.39. The second-order valence-corrected chi connectivity index (χ2v) is 4.11. The minimum atomic E-state index is -0.496. The van der Waals surface area contributed by atoms with Crippen LogP contribution in [0, 0.1) is 17.7 Å². The van der Waals surface area contributed by atoms with E-state index < -0.39 is 5.82 Å². The number of carbonyl (C=O) groups is 1. The maximum absolute atomic E-state index is 13.2. The Bertz CT molecular complexity index is 506. The van der Waals surface area contributed by atoms with Gasteiger partial charge in [-0.15, -0.1) is 0 Å². The van der Waals surface area contributed by atoms with Crippen molar-refractivity contribution in [1.82, 2.24) is 5.32 Å². The number of aliphatic hydroxyl groups excluding tert-OH is 1. The van der Waals surface area contributed by atoms with Crippen LogP contribution in [-0.2, 0) is 4.74 Å². The first kappa shape index (κ1) is 16.2. The van der Waals surface area contributed by atoms with Crippen molar-refractivity contribution in [3.05, 3.63) is 35.1 Å². The summed E-state index contributed by atoms with van der Waals surface area (Å²) in [7, 11) is 1.62. The van der Waals surface area contributed by atoms with Crippen molar-refractivity contribution in [3.8, 4) is 11.8 Å². The molecule has 0 spiro atoms. The van der Waals surface area contributed by atoms with Crippen LogP contribution < -0.4 is 5.32 Å². The summed E-state index contributed by atoms with van der Waals surface area (Å²) in [5.74, 6) is 4.22. The average molecular weight is 279 g/mol. The van der Waals surface area contributed by atoms with Gasteiger partial charge in [0, 0.05) is 25.8 Å². The van der Waals surface area contributed by atoms with Crippen LogP contribution in [0.3, 0.4) is 0 Å². The van der Waals surface area contributed by atoms with Crippen LogP contribution in [0.15, 0.2) is 18.2 Å². The van der Waals surface area contributed by atoms with E-state index in [0.717, 1.165) is 18.9 Å². The molecule has 0 saturated carbocycles.